The number of β-amino-alcohol motifs (C(OH)–C–C–N with tert-alkyl or cyclic N) is 1. The van der Waals surface area contributed by atoms with Crippen LogP contribution in [0.25, 0.3) is 0 Å². The van der Waals surface area contributed by atoms with Crippen molar-refractivity contribution in [1.29, 1.82) is 0 Å². The van der Waals surface area contributed by atoms with Crippen LogP contribution in [0, 0.1) is 0 Å². The Kier molecular flexibility index (Phi) is 5.55. The zero-order valence-electron chi connectivity index (χ0n) is 12.7. The van der Waals surface area contributed by atoms with E-state index < -0.39 is 24.2 Å². The highest BCUT2D eigenvalue weighted by molar-refractivity contribution is 7.12. The molecular formula is C15H22N2O4S. The summed E-state index contributed by atoms with van der Waals surface area (Å²) in [6.45, 7) is 3.85. The van der Waals surface area contributed by atoms with Gasteiger partial charge in [0.15, 0.2) is 0 Å². The molecule has 0 saturated carbocycles. The highest BCUT2D eigenvalue weighted by Gasteiger charge is 2.47. The standard InChI is InChI=1S/C15H22N2O4S/c1-3-5-9(2)16-14(20)12-13(19)10(18)8-17(12)15(21)11-6-4-7-22-11/h4,6-7,9-10,12-13,18-19H,3,5,8H2,1-2H3,(H,16,20)/t9?,10-,12?,13+/m0/s1. The van der Waals surface area contributed by atoms with Crippen LogP contribution in [0.2, 0.25) is 0 Å². The Balaban J connectivity index is 2.14. The van der Waals surface area contributed by atoms with Crippen LogP contribution >= 0.6 is 11.3 Å². The van der Waals surface area contributed by atoms with Gasteiger partial charge in [-0.25, -0.2) is 0 Å². The molecule has 1 aliphatic heterocycles. The summed E-state index contributed by atoms with van der Waals surface area (Å²) in [5, 5.41) is 24.5. The second-order valence-electron chi connectivity index (χ2n) is 5.64. The van der Waals surface area contributed by atoms with Crippen molar-refractivity contribution >= 4 is 23.2 Å². The average Bonchev–Trinajstić information content (AvgIpc) is 3.08. The van der Waals surface area contributed by atoms with Gasteiger partial charge in [-0.3, -0.25) is 9.59 Å². The summed E-state index contributed by atoms with van der Waals surface area (Å²) in [7, 11) is 0. The Labute approximate surface area is 133 Å². The van der Waals surface area contributed by atoms with Crippen molar-refractivity contribution in [3.05, 3.63) is 22.4 Å². The van der Waals surface area contributed by atoms with E-state index in [-0.39, 0.29) is 18.5 Å². The minimum Gasteiger partial charge on any atom is -0.388 e. The molecule has 1 aromatic heterocycles. The maximum Gasteiger partial charge on any atom is 0.264 e. The first-order valence-electron chi connectivity index (χ1n) is 7.46. The Morgan fingerprint density at radius 2 is 2.23 bits per heavy atom. The van der Waals surface area contributed by atoms with Crippen LogP contribution < -0.4 is 5.32 Å². The normalized spacial score (nSPS) is 26.0. The van der Waals surface area contributed by atoms with E-state index >= 15 is 0 Å². The summed E-state index contributed by atoms with van der Waals surface area (Å²) in [6, 6.07) is 2.32. The van der Waals surface area contributed by atoms with Crippen LogP contribution in [-0.2, 0) is 4.79 Å². The molecule has 1 saturated heterocycles. The molecule has 2 amide bonds. The molecule has 0 aromatic carbocycles. The summed E-state index contributed by atoms with van der Waals surface area (Å²) in [5.74, 6) is -0.760. The Hall–Kier alpha value is -1.44. The van der Waals surface area contributed by atoms with Crippen molar-refractivity contribution in [2.24, 2.45) is 0 Å². The van der Waals surface area contributed by atoms with Gasteiger partial charge >= 0.3 is 0 Å². The van der Waals surface area contributed by atoms with Gasteiger partial charge in [-0.2, -0.15) is 0 Å². The van der Waals surface area contributed by atoms with Gasteiger partial charge in [0, 0.05) is 6.04 Å². The molecule has 0 spiro atoms. The second-order valence-corrected chi connectivity index (χ2v) is 6.58. The van der Waals surface area contributed by atoms with Crippen LogP contribution in [-0.4, -0.2) is 57.8 Å². The molecule has 3 N–H and O–H groups in total. The second kappa shape index (κ2) is 7.21. The van der Waals surface area contributed by atoms with Crippen LogP contribution in [0.15, 0.2) is 17.5 Å². The SMILES string of the molecule is CCCC(C)NC(=O)C1[C@H](O)[C@@H](O)CN1C(=O)c1cccs1. The minimum atomic E-state index is -1.27. The van der Waals surface area contributed by atoms with Gasteiger partial charge in [-0.05, 0) is 24.8 Å². The summed E-state index contributed by atoms with van der Waals surface area (Å²) >= 11 is 1.27. The fraction of sp³-hybridized carbons (Fsp3) is 0.600. The zero-order chi connectivity index (χ0) is 16.3. The lowest BCUT2D eigenvalue weighted by Crippen LogP contribution is -2.52. The first kappa shape index (κ1) is 16.9. The summed E-state index contributed by atoms with van der Waals surface area (Å²) in [6.07, 6.45) is -0.635. The van der Waals surface area contributed by atoms with Crippen LogP contribution in [0.5, 0.6) is 0 Å². The van der Waals surface area contributed by atoms with Crippen LogP contribution in [0.4, 0.5) is 0 Å². The van der Waals surface area contributed by atoms with E-state index in [4.69, 9.17) is 0 Å². The van der Waals surface area contributed by atoms with Crippen molar-refractivity contribution in [3.63, 3.8) is 0 Å². The molecule has 122 valence electrons. The number of aliphatic hydroxyl groups is 2. The number of hydrogen-bond acceptors (Lipinski definition) is 5. The fourth-order valence-electron chi connectivity index (χ4n) is 2.70. The third-order valence-electron chi connectivity index (χ3n) is 3.81. The predicted molar refractivity (Wildman–Crippen MR) is 83.7 cm³/mol. The van der Waals surface area contributed by atoms with E-state index in [0.717, 1.165) is 12.8 Å². The van der Waals surface area contributed by atoms with Crippen molar-refractivity contribution < 1.29 is 19.8 Å². The van der Waals surface area contributed by atoms with Gasteiger partial charge in [0.1, 0.15) is 18.2 Å². The lowest BCUT2D eigenvalue weighted by molar-refractivity contribution is -0.128. The van der Waals surface area contributed by atoms with Gasteiger partial charge in [-0.15, -0.1) is 11.3 Å². The number of nitrogens with one attached hydrogen (secondary N) is 1. The number of rotatable bonds is 5. The summed E-state index contributed by atoms with van der Waals surface area (Å²) < 4.78 is 0. The number of carbonyl (C=O) groups is 2. The van der Waals surface area contributed by atoms with E-state index in [1.165, 1.54) is 16.2 Å². The first-order chi connectivity index (χ1) is 10.5. The molecule has 22 heavy (non-hydrogen) atoms. The molecule has 4 atom stereocenters. The van der Waals surface area contributed by atoms with Crippen LogP contribution in [0.1, 0.15) is 36.4 Å². The Bertz CT molecular complexity index is 520. The molecule has 1 aliphatic rings. The molecule has 7 heteroatoms. The number of carbonyl (C=O) groups excluding carboxylic acids is 2. The first-order valence-corrected chi connectivity index (χ1v) is 8.34. The summed E-state index contributed by atoms with van der Waals surface area (Å²) in [5.41, 5.74) is 0. The van der Waals surface area contributed by atoms with Gasteiger partial charge in [-0.1, -0.05) is 19.4 Å². The third kappa shape index (κ3) is 3.48. The molecule has 2 heterocycles. The topological polar surface area (TPSA) is 89.9 Å². The number of nitrogens with zero attached hydrogens (tertiary/aromatic N) is 1. The third-order valence-corrected chi connectivity index (χ3v) is 4.67. The number of hydrogen-bond donors (Lipinski definition) is 3. The quantitative estimate of drug-likeness (QED) is 0.739. The van der Waals surface area contributed by atoms with Crippen molar-refractivity contribution in [3.8, 4) is 0 Å². The van der Waals surface area contributed by atoms with Gasteiger partial charge < -0.3 is 20.4 Å². The molecule has 2 rings (SSSR count). The number of thiophene rings is 1. The fourth-order valence-corrected chi connectivity index (χ4v) is 3.38. The largest absolute Gasteiger partial charge is 0.388 e. The van der Waals surface area contributed by atoms with Gasteiger partial charge in [0.25, 0.3) is 5.91 Å². The van der Waals surface area contributed by atoms with E-state index in [9.17, 15) is 19.8 Å². The molecule has 1 aromatic rings. The predicted octanol–water partition coefficient (Wildman–Crippen LogP) is 0.599. The highest BCUT2D eigenvalue weighted by Crippen LogP contribution is 2.23. The van der Waals surface area contributed by atoms with Gasteiger partial charge in [0.2, 0.25) is 5.91 Å². The Morgan fingerprint density at radius 1 is 1.50 bits per heavy atom. The van der Waals surface area contributed by atoms with Gasteiger partial charge in [0.05, 0.1) is 11.4 Å². The smallest absolute Gasteiger partial charge is 0.264 e. The zero-order valence-corrected chi connectivity index (χ0v) is 13.5. The van der Waals surface area contributed by atoms with E-state index in [1.807, 2.05) is 13.8 Å². The van der Waals surface area contributed by atoms with Crippen molar-refractivity contribution in [1.82, 2.24) is 10.2 Å². The molecular weight excluding hydrogens is 304 g/mol. The van der Waals surface area contributed by atoms with Crippen LogP contribution in [0.3, 0.4) is 0 Å². The van der Waals surface area contributed by atoms with E-state index in [0.29, 0.717) is 4.88 Å². The monoisotopic (exact) mass is 326 g/mol. The highest BCUT2D eigenvalue weighted by atomic mass is 32.1. The molecule has 0 radical (unpaired) electrons. The Morgan fingerprint density at radius 3 is 2.82 bits per heavy atom. The molecule has 6 nitrogen and oxygen atoms in total. The maximum atomic E-state index is 12.5. The van der Waals surface area contributed by atoms with E-state index in [2.05, 4.69) is 5.32 Å². The average molecular weight is 326 g/mol. The number of likely N-dealkylation sites (tertiary alicyclic amines) is 1. The lowest BCUT2D eigenvalue weighted by atomic mass is 10.1. The van der Waals surface area contributed by atoms with E-state index in [1.54, 1.807) is 17.5 Å². The number of amides is 2. The molecule has 0 aliphatic carbocycles. The minimum absolute atomic E-state index is 0.0406. The number of aliphatic hydroxyl groups excluding tert-OH is 2. The van der Waals surface area contributed by atoms with Crippen molar-refractivity contribution in [2.45, 2.75) is 51.0 Å². The maximum absolute atomic E-state index is 12.5. The molecule has 0 bridgehead atoms. The summed E-state index contributed by atoms with van der Waals surface area (Å²) in [4.78, 5) is 26.6. The molecule has 2 unspecified atom stereocenters. The van der Waals surface area contributed by atoms with Crippen molar-refractivity contribution in [2.75, 3.05) is 6.54 Å². The lowest BCUT2D eigenvalue weighted by Gasteiger charge is -2.26. The molecule has 1 fully saturated rings.